The third kappa shape index (κ3) is 2.93. The lowest BCUT2D eigenvalue weighted by atomic mass is 10.2. The topological polar surface area (TPSA) is 65.7 Å². The SMILES string of the molecule is Cc1cc(CNc2ccccc2N(C)C)oc1C(=O)O. The van der Waals surface area contributed by atoms with Crippen LogP contribution in [0.3, 0.4) is 0 Å². The second kappa shape index (κ2) is 5.69. The maximum Gasteiger partial charge on any atom is 0.372 e. The van der Waals surface area contributed by atoms with E-state index >= 15 is 0 Å². The zero-order chi connectivity index (χ0) is 14.7. The normalized spacial score (nSPS) is 10.3. The molecule has 5 nitrogen and oxygen atoms in total. The van der Waals surface area contributed by atoms with Crippen molar-refractivity contribution in [2.75, 3.05) is 24.3 Å². The van der Waals surface area contributed by atoms with Gasteiger partial charge in [0.15, 0.2) is 0 Å². The van der Waals surface area contributed by atoms with Crippen molar-refractivity contribution in [2.24, 2.45) is 0 Å². The summed E-state index contributed by atoms with van der Waals surface area (Å²) < 4.78 is 5.32. The Bertz CT molecular complexity index is 617. The summed E-state index contributed by atoms with van der Waals surface area (Å²) in [5.74, 6) is -0.432. The van der Waals surface area contributed by atoms with E-state index in [4.69, 9.17) is 9.52 Å². The number of anilines is 2. The highest BCUT2D eigenvalue weighted by Gasteiger charge is 2.14. The summed E-state index contributed by atoms with van der Waals surface area (Å²) in [6.45, 7) is 2.17. The Morgan fingerprint density at radius 1 is 1.35 bits per heavy atom. The third-order valence-electron chi connectivity index (χ3n) is 3.00. The molecule has 0 aliphatic heterocycles. The van der Waals surface area contributed by atoms with E-state index in [-0.39, 0.29) is 5.76 Å². The van der Waals surface area contributed by atoms with Crippen molar-refractivity contribution < 1.29 is 14.3 Å². The minimum atomic E-state index is -1.04. The number of furan rings is 1. The number of aromatic carboxylic acids is 1. The Hall–Kier alpha value is -2.43. The van der Waals surface area contributed by atoms with E-state index in [1.54, 1.807) is 13.0 Å². The van der Waals surface area contributed by atoms with Crippen LogP contribution in [-0.2, 0) is 6.54 Å². The lowest BCUT2D eigenvalue weighted by Gasteiger charge is -2.17. The van der Waals surface area contributed by atoms with Gasteiger partial charge < -0.3 is 19.7 Å². The number of rotatable bonds is 5. The van der Waals surface area contributed by atoms with Crippen molar-refractivity contribution in [1.29, 1.82) is 0 Å². The summed E-state index contributed by atoms with van der Waals surface area (Å²) in [5.41, 5.74) is 2.67. The first-order valence-corrected chi connectivity index (χ1v) is 6.32. The average Bonchev–Trinajstić information content (AvgIpc) is 2.78. The van der Waals surface area contributed by atoms with Gasteiger partial charge in [0.2, 0.25) is 5.76 Å². The van der Waals surface area contributed by atoms with E-state index in [2.05, 4.69) is 5.32 Å². The maximum absolute atomic E-state index is 10.9. The van der Waals surface area contributed by atoms with Crippen LogP contribution < -0.4 is 10.2 Å². The molecule has 2 N–H and O–H groups in total. The van der Waals surface area contributed by atoms with Gasteiger partial charge in [-0.1, -0.05) is 12.1 Å². The van der Waals surface area contributed by atoms with Crippen LogP contribution in [-0.4, -0.2) is 25.2 Å². The molecule has 2 rings (SSSR count). The largest absolute Gasteiger partial charge is 0.475 e. The zero-order valence-electron chi connectivity index (χ0n) is 11.8. The molecule has 0 saturated heterocycles. The highest BCUT2D eigenvalue weighted by molar-refractivity contribution is 5.86. The summed E-state index contributed by atoms with van der Waals surface area (Å²) in [6.07, 6.45) is 0. The van der Waals surface area contributed by atoms with Gasteiger partial charge in [-0.15, -0.1) is 0 Å². The van der Waals surface area contributed by atoms with Gasteiger partial charge in [0.25, 0.3) is 0 Å². The molecule has 20 heavy (non-hydrogen) atoms. The molecule has 0 aliphatic carbocycles. The Kier molecular flexibility index (Phi) is 3.98. The molecule has 0 amide bonds. The number of hydrogen-bond acceptors (Lipinski definition) is 4. The first-order chi connectivity index (χ1) is 9.49. The molecule has 0 radical (unpaired) electrons. The van der Waals surface area contributed by atoms with Gasteiger partial charge in [-0.05, 0) is 25.1 Å². The minimum absolute atomic E-state index is 0.00250. The molecule has 0 fully saturated rings. The number of carboxylic acid groups (broad SMARTS) is 1. The molecule has 1 heterocycles. The molecule has 0 saturated carbocycles. The van der Waals surface area contributed by atoms with Crippen molar-refractivity contribution in [3.05, 3.63) is 47.4 Å². The second-order valence-corrected chi connectivity index (χ2v) is 4.80. The van der Waals surface area contributed by atoms with E-state index in [0.717, 1.165) is 11.4 Å². The van der Waals surface area contributed by atoms with Crippen LogP contribution in [0.25, 0.3) is 0 Å². The van der Waals surface area contributed by atoms with E-state index < -0.39 is 5.97 Å². The van der Waals surface area contributed by atoms with Crippen LogP contribution in [0.4, 0.5) is 11.4 Å². The molecular formula is C15H18N2O3. The van der Waals surface area contributed by atoms with Gasteiger partial charge in [-0.25, -0.2) is 4.79 Å². The van der Waals surface area contributed by atoms with E-state index in [0.29, 0.717) is 17.9 Å². The monoisotopic (exact) mass is 274 g/mol. The molecule has 1 aromatic heterocycles. The lowest BCUT2D eigenvalue weighted by molar-refractivity contribution is 0.0659. The summed E-state index contributed by atoms with van der Waals surface area (Å²) >= 11 is 0. The van der Waals surface area contributed by atoms with Crippen LogP contribution in [0.15, 0.2) is 34.7 Å². The summed E-state index contributed by atoms with van der Waals surface area (Å²) in [7, 11) is 3.94. The number of carboxylic acids is 1. The van der Waals surface area contributed by atoms with Crippen LogP contribution in [0.5, 0.6) is 0 Å². The number of para-hydroxylation sites is 2. The minimum Gasteiger partial charge on any atom is -0.475 e. The van der Waals surface area contributed by atoms with E-state index in [1.807, 2.05) is 43.3 Å². The second-order valence-electron chi connectivity index (χ2n) is 4.80. The molecule has 0 spiro atoms. The van der Waals surface area contributed by atoms with Crippen molar-refractivity contribution in [3.8, 4) is 0 Å². The lowest BCUT2D eigenvalue weighted by Crippen LogP contribution is -2.11. The zero-order valence-corrected chi connectivity index (χ0v) is 11.8. The maximum atomic E-state index is 10.9. The number of aryl methyl sites for hydroxylation is 1. The predicted molar refractivity (Wildman–Crippen MR) is 78.5 cm³/mol. The van der Waals surface area contributed by atoms with Crippen LogP contribution in [0.1, 0.15) is 21.9 Å². The fourth-order valence-corrected chi connectivity index (χ4v) is 2.04. The summed E-state index contributed by atoms with van der Waals surface area (Å²) in [4.78, 5) is 12.9. The smallest absolute Gasteiger partial charge is 0.372 e. The van der Waals surface area contributed by atoms with Crippen molar-refractivity contribution >= 4 is 17.3 Å². The van der Waals surface area contributed by atoms with Crippen LogP contribution >= 0.6 is 0 Å². The van der Waals surface area contributed by atoms with Gasteiger partial charge in [-0.3, -0.25) is 0 Å². The average molecular weight is 274 g/mol. The highest BCUT2D eigenvalue weighted by atomic mass is 16.4. The van der Waals surface area contributed by atoms with Crippen molar-refractivity contribution in [1.82, 2.24) is 0 Å². The molecule has 2 aromatic rings. The van der Waals surface area contributed by atoms with Gasteiger partial charge >= 0.3 is 5.97 Å². The fraction of sp³-hybridized carbons (Fsp3) is 0.267. The molecule has 1 aromatic carbocycles. The number of nitrogens with zero attached hydrogens (tertiary/aromatic N) is 1. The predicted octanol–water partition coefficient (Wildman–Crippen LogP) is 2.96. The molecule has 0 bridgehead atoms. The van der Waals surface area contributed by atoms with E-state index in [9.17, 15) is 4.79 Å². The number of hydrogen-bond donors (Lipinski definition) is 2. The van der Waals surface area contributed by atoms with E-state index in [1.165, 1.54) is 0 Å². The van der Waals surface area contributed by atoms with Crippen LogP contribution in [0.2, 0.25) is 0 Å². The van der Waals surface area contributed by atoms with Gasteiger partial charge in [-0.2, -0.15) is 0 Å². The summed E-state index contributed by atoms with van der Waals surface area (Å²) in [5, 5.41) is 12.2. The van der Waals surface area contributed by atoms with Gasteiger partial charge in [0.1, 0.15) is 5.76 Å². The van der Waals surface area contributed by atoms with Crippen molar-refractivity contribution in [2.45, 2.75) is 13.5 Å². The Morgan fingerprint density at radius 3 is 2.65 bits per heavy atom. The highest BCUT2D eigenvalue weighted by Crippen LogP contribution is 2.24. The molecule has 0 atom stereocenters. The third-order valence-corrected chi connectivity index (χ3v) is 3.00. The van der Waals surface area contributed by atoms with Gasteiger partial charge in [0, 0.05) is 19.7 Å². The number of carbonyl (C=O) groups is 1. The molecule has 106 valence electrons. The number of benzene rings is 1. The fourth-order valence-electron chi connectivity index (χ4n) is 2.04. The van der Waals surface area contributed by atoms with Crippen molar-refractivity contribution in [3.63, 3.8) is 0 Å². The Balaban J connectivity index is 2.13. The Labute approximate surface area is 117 Å². The first-order valence-electron chi connectivity index (χ1n) is 6.32. The molecular weight excluding hydrogens is 256 g/mol. The first kappa shape index (κ1) is 14.0. The summed E-state index contributed by atoms with van der Waals surface area (Å²) in [6, 6.07) is 9.65. The van der Waals surface area contributed by atoms with Crippen LogP contribution in [0, 0.1) is 6.92 Å². The molecule has 5 heteroatoms. The molecule has 0 aliphatic rings. The standard InChI is InChI=1S/C15H18N2O3/c1-10-8-11(20-14(10)15(18)19)9-16-12-6-4-5-7-13(12)17(2)3/h4-8,16H,9H2,1-3H3,(H,18,19). The number of nitrogens with one attached hydrogen (secondary N) is 1. The molecule has 0 unspecified atom stereocenters. The quantitative estimate of drug-likeness (QED) is 0.877. The van der Waals surface area contributed by atoms with Gasteiger partial charge in [0.05, 0.1) is 17.9 Å². The Morgan fingerprint density at radius 2 is 2.05 bits per heavy atom.